The number of aliphatic carboxylic acids is 2. The van der Waals surface area contributed by atoms with E-state index in [9.17, 15) is 28.0 Å². The van der Waals surface area contributed by atoms with Gasteiger partial charge in [0.25, 0.3) is 11.1 Å². The summed E-state index contributed by atoms with van der Waals surface area (Å²) in [6, 6.07) is 6.99. The van der Waals surface area contributed by atoms with Crippen LogP contribution < -0.4 is 21.8 Å². The zero-order valence-corrected chi connectivity index (χ0v) is 34.1. The van der Waals surface area contributed by atoms with E-state index in [0.717, 1.165) is 51.4 Å². The van der Waals surface area contributed by atoms with Gasteiger partial charge >= 0.3 is 11.9 Å². The van der Waals surface area contributed by atoms with E-state index in [1.54, 1.807) is 35.7 Å². The van der Waals surface area contributed by atoms with Crippen molar-refractivity contribution >= 4 is 68.6 Å². The molecule has 312 valence electrons. The van der Waals surface area contributed by atoms with Crippen molar-refractivity contribution in [1.29, 1.82) is 0 Å². The Morgan fingerprint density at radius 1 is 0.603 bits per heavy atom. The van der Waals surface area contributed by atoms with Crippen LogP contribution in [0.15, 0.2) is 33.9 Å². The lowest BCUT2D eigenvalue weighted by Gasteiger charge is -2.25. The molecule has 0 aliphatic heterocycles. The SMILES string of the molecule is O=C(O)C1CCC(SCc2nc3cc(NC4CCCC4)cc(F)c3c(=O)[nH]2)CC1.O=C(O)C1CCC(SCc2nc3cc(NC4CCCC4)cc(F)c3c(=O)[nH]2)CC1. The summed E-state index contributed by atoms with van der Waals surface area (Å²) in [6.07, 6.45) is 15.2. The number of fused-ring (bicyclic) bond motifs is 2. The number of rotatable bonds is 12. The van der Waals surface area contributed by atoms with Gasteiger partial charge in [-0.2, -0.15) is 23.5 Å². The van der Waals surface area contributed by atoms with Gasteiger partial charge in [0.2, 0.25) is 0 Å². The fourth-order valence-electron chi connectivity index (χ4n) is 8.81. The van der Waals surface area contributed by atoms with E-state index in [2.05, 4.69) is 30.6 Å². The highest BCUT2D eigenvalue weighted by Gasteiger charge is 2.28. The molecule has 0 bridgehead atoms. The maximum atomic E-state index is 14.5. The van der Waals surface area contributed by atoms with Crippen molar-refractivity contribution in [3.8, 4) is 0 Å². The fourth-order valence-corrected chi connectivity index (χ4v) is 11.1. The fraction of sp³-hybridized carbons (Fsp3) is 0.571. The second kappa shape index (κ2) is 19.3. The molecule has 0 atom stereocenters. The molecule has 4 aromatic rings. The van der Waals surface area contributed by atoms with Gasteiger partial charge in [-0.25, -0.2) is 18.7 Å². The number of aromatic amines is 2. The maximum absolute atomic E-state index is 14.5. The highest BCUT2D eigenvalue weighted by molar-refractivity contribution is 7.99. The third-order valence-corrected chi connectivity index (χ3v) is 14.8. The molecular formula is C42H52F2N6O6S2. The molecule has 0 amide bonds. The molecule has 2 aromatic carbocycles. The van der Waals surface area contributed by atoms with Crippen molar-refractivity contribution in [1.82, 2.24) is 19.9 Å². The molecule has 0 radical (unpaired) electrons. The van der Waals surface area contributed by atoms with Gasteiger partial charge < -0.3 is 30.8 Å². The summed E-state index contributed by atoms with van der Waals surface area (Å²) in [5.74, 6) is -0.888. The van der Waals surface area contributed by atoms with Crippen LogP contribution in [0.25, 0.3) is 21.8 Å². The third-order valence-electron chi connectivity index (χ3n) is 12.0. The van der Waals surface area contributed by atoms with Crippen LogP contribution in [0.4, 0.5) is 20.2 Å². The summed E-state index contributed by atoms with van der Waals surface area (Å²) >= 11 is 3.36. The first-order valence-corrected chi connectivity index (χ1v) is 22.8. The molecule has 0 unspecified atom stereocenters. The van der Waals surface area contributed by atoms with Crippen LogP contribution in [-0.2, 0) is 21.1 Å². The van der Waals surface area contributed by atoms with Crippen LogP contribution in [0.2, 0.25) is 0 Å². The van der Waals surface area contributed by atoms with E-state index in [0.29, 0.717) is 93.8 Å². The van der Waals surface area contributed by atoms with E-state index < -0.39 is 34.7 Å². The van der Waals surface area contributed by atoms with Crippen molar-refractivity contribution in [2.45, 2.75) is 137 Å². The molecule has 4 saturated carbocycles. The summed E-state index contributed by atoms with van der Waals surface area (Å²) in [6.45, 7) is 0. The Labute approximate surface area is 343 Å². The molecule has 12 nitrogen and oxygen atoms in total. The highest BCUT2D eigenvalue weighted by Crippen LogP contribution is 2.35. The molecule has 16 heteroatoms. The molecule has 8 rings (SSSR count). The lowest BCUT2D eigenvalue weighted by Crippen LogP contribution is -2.23. The number of thioether (sulfide) groups is 2. The van der Waals surface area contributed by atoms with Crippen LogP contribution in [0.1, 0.15) is 114 Å². The quantitative estimate of drug-likeness (QED) is 0.0798. The van der Waals surface area contributed by atoms with Crippen molar-refractivity contribution < 1.29 is 28.6 Å². The Balaban J connectivity index is 0.000000177. The molecule has 58 heavy (non-hydrogen) atoms. The number of carbonyl (C=O) groups is 2. The molecule has 4 aliphatic carbocycles. The number of hydrogen-bond donors (Lipinski definition) is 6. The van der Waals surface area contributed by atoms with Gasteiger partial charge in [-0.15, -0.1) is 0 Å². The molecule has 0 spiro atoms. The summed E-state index contributed by atoms with van der Waals surface area (Å²) in [7, 11) is 0. The first-order valence-electron chi connectivity index (χ1n) is 20.7. The van der Waals surface area contributed by atoms with Gasteiger partial charge in [0, 0.05) is 34.0 Å². The van der Waals surface area contributed by atoms with Gasteiger partial charge in [0.05, 0.1) is 34.4 Å². The van der Waals surface area contributed by atoms with Gasteiger partial charge in [-0.1, -0.05) is 25.7 Å². The standard InChI is InChI=1S/2C21H26FN3O3S/c2*22-16-9-14(23-13-3-1-2-4-13)10-17-19(16)20(26)25-18(24-17)11-29-15-7-5-12(6-8-15)21(27)28/h2*9-10,12-13,15,23H,1-8,11H2,(H,27,28)(H,24,25,26). The zero-order chi connectivity index (χ0) is 40.8. The Kier molecular flexibility index (Phi) is 13.9. The number of nitrogens with zero attached hydrogens (tertiary/aromatic N) is 2. The molecule has 0 saturated heterocycles. The Morgan fingerprint density at radius 3 is 1.31 bits per heavy atom. The largest absolute Gasteiger partial charge is 0.481 e. The number of aromatic nitrogens is 4. The average molecular weight is 839 g/mol. The normalized spacial score (nSPS) is 22.8. The van der Waals surface area contributed by atoms with Crippen molar-refractivity contribution in [2.24, 2.45) is 11.8 Å². The number of benzene rings is 2. The first kappa shape index (κ1) is 42.0. The maximum Gasteiger partial charge on any atom is 0.306 e. The monoisotopic (exact) mass is 838 g/mol. The smallest absolute Gasteiger partial charge is 0.306 e. The van der Waals surface area contributed by atoms with Crippen molar-refractivity contribution in [3.05, 3.63) is 68.3 Å². The summed E-state index contributed by atoms with van der Waals surface area (Å²) < 4.78 is 29.1. The van der Waals surface area contributed by atoms with Crippen molar-refractivity contribution in [2.75, 3.05) is 10.6 Å². The predicted octanol–water partition coefficient (Wildman–Crippen LogP) is 8.59. The second-order valence-corrected chi connectivity index (χ2v) is 18.8. The van der Waals surface area contributed by atoms with Gasteiger partial charge in [0.1, 0.15) is 34.1 Å². The average Bonchev–Trinajstić information content (AvgIpc) is 3.91. The summed E-state index contributed by atoms with van der Waals surface area (Å²) in [5.41, 5.74) is 1.19. The van der Waals surface area contributed by atoms with Gasteiger partial charge in [-0.05, 0) is 101 Å². The van der Waals surface area contributed by atoms with Crippen LogP contribution in [0, 0.1) is 23.5 Å². The highest BCUT2D eigenvalue weighted by atomic mass is 32.2. The molecule has 4 fully saturated rings. The number of hydrogen-bond acceptors (Lipinski definition) is 10. The third kappa shape index (κ3) is 10.7. The van der Waals surface area contributed by atoms with E-state index in [4.69, 9.17) is 10.2 Å². The van der Waals surface area contributed by atoms with Crippen LogP contribution in [0.5, 0.6) is 0 Å². The summed E-state index contributed by atoms with van der Waals surface area (Å²) in [5, 5.41) is 25.7. The van der Waals surface area contributed by atoms with Gasteiger partial charge in [0.15, 0.2) is 0 Å². The number of nitrogens with one attached hydrogen (secondary N) is 4. The van der Waals surface area contributed by atoms with E-state index >= 15 is 0 Å². The molecule has 2 aromatic heterocycles. The Bertz CT molecular complexity index is 2060. The lowest BCUT2D eigenvalue weighted by atomic mass is 9.89. The number of carboxylic acid groups (broad SMARTS) is 2. The van der Waals surface area contributed by atoms with Gasteiger partial charge in [-0.3, -0.25) is 19.2 Å². The lowest BCUT2D eigenvalue weighted by molar-refractivity contribution is -0.143. The minimum Gasteiger partial charge on any atom is -0.481 e. The van der Waals surface area contributed by atoms with E-state index in [-0.39, 0.29) is 22.6 Å². The Morgan fingerprint density at radius 2 is 0.966 bits per heavy atom. The topological polar surface area (TPSA) is 190 Å². The number of H-pyrrole nitrogens is 2. The number of anilines is 2. The second-order valence-electron chi connectivity index (χ2n) is 16.2. The molecule has 6 N–H and O–H groups in total. The summed E-state index contributed by atoms with van der Waals surface area (Å²) in [4.78, 5) is 61.4. The number of halogens is 2. The zero-order valence-electron chi connectivity index (χ0n) is 32.5. The van der Waals surface area contributed by atoms with Crippen molar-refractivity contribution in [3.63, 3.8) is 0 Å². The molecule has 4 aliphatic rings. The van der Waals surface area contributed by atoms with E-state index in [1.165, 1.54) is 37.8 Å². The van der Waals surface area contributed by atoms with E-state index in [1.807, 2.05) is 0 Å². The number of carboxylic acids is 2. The minimum absolute atomic E-state index is 0.00214. The first-order chi connectivity index (χ1) is 28.0. The van der Waals surface area contributed by atoms with Crippen LogP contribution in [-0.4, -0.2) is 64.7 Å². The predicted molar refractivity (Wildman–Crippen MR) is 226 cm³/mol. The molecular weight excluding hydrogens is 787 g/mol. The Hall–Kier alpha value is -4.18. The van der Waals surface area contributed by atoms with Crippen LogP contribution >= 0.6 is 23.5 Å². The molecule has 2 heterocycles. The van der Waals surface area contributed by atoms with Crippen LogP contribution in [0.3, 0.4) is 0 Å². The minimum atomic E-state index is -0.710.